The van der Waals surface area contributed by atoms with Gasteiger partial charge >= 0.3 is 0 Å². The molecule has 3 atom stereocenters. The normalized spacial score (nSPS) is 25.7. The van der Waals surface area contributed by atoms with E-state index < -0.39 is 0 Å². The molecule has 0 saturated carbocycles. The Morgan fingerprint density at radius 3 is 2.55 bits per heavy atom. The molecule has 0 radical (unpaired) electrons. The van der Waals surface area contributed by atoms with Gasteiger partial charge in [-0.3, -0.25) is 9.89 Å². The molecule has 2 bridgehead atoms. The van der Waals surface area contributed by atoms with Crippen LogP contribution < -0.4 is 10.6 Å². The highest BCUT2D eigenvalue weighted by molar-refractivity contribution is 7.09. The first-order valence-electron chi connectivity index (χ1n) is 11.0. The number of fused-ring (bicyclic) bond motifs is 2. The molecule has 156 valence electrons. The van der Waals surface area contributed by atoms with E-state index in [2.05, 4.69) is 75.3 Å². The van der Waals surface area contributed by atoms with Crippen molar-refractivity contribution in [2.24, 2.45) is 10.9 Å². The third-order valence-electron chi connectivity index (χ3n) is 6.40. The SMILES string of the molecule is CN=C(NCC(C)Cc1cccs1)NC1CC2CCC(C1)N2Cc1ccccc1. The second kappa shape index (κ2) is 9.77. The van der Waals surface area contributed by atoms with Crippen LogP contribution in [0.4, 0.5) is 0 Å². The third-order valence-corrected chi connectivity index (χ3v) is 7.30. The molecule has 2 aliphatic heterocycles. The molecule has 1 aromatic carbocycles. The summed E-state index contributed by atoms with van der Waals surface area (Å²) in [6.07, 6.45) is 6.23. The zero-order chi connectivity index (χ0) is 20.1. The standard InChI is InChI=1S/C24H34N4S/c1-18(13-23-9-6-12-29-23)16-26-24(25-2)27-20-14-21-10-11-22(15-20)28(21)17-19-7-4-3-5-8-19/h3-9,12,18,20-22H,10-11,13-17H2,1-2H3,(H2,25,26,27). The summed E-state index contributed by atoms with van der Waals surface area (Å²) >= 11 is 1.85. The summed E-state index contributed by atoms with van der Waals surface area (Å²) in [6, 6.07) is 17.2. The molecule has 3 unspecified atom stereocenters. The van der Waals surface area contributed by atoms with Crippen LogP contribution in [0.3, 0.4) is 0 Å². The molecular formula is C24H34N4S. The fourth-order valence-corrected chi connectivity index (χ4v) is 5.82. The molecule has 1 aromatic heterocycles. The second-order valence-electron chi connectivity index (χ2n) is 8.70. The first-order valence-corrected chi connectivity index (χ1v) is 11.9. The van der Waals surface area contributed by atoms with Gasteiger partial charge < -0.3 is 10.6 Å². The Bertz CT molecular complexity index is 759. The minimum Gasteiger partial charge on any atom is -0.356 e. The third kappa shape index (κ3) is 5.40. The summed E-state index contributed by atoms with van der Waals surface area (Å²) in [5, 5.41) is 9.44. The van der Waals surface area contributed by atoms with E-state index in [1.165, 1.54) is 36.1 Å². The molecule has 2 N–H and O–H groups in total. The van der Waals surface area contributed by atoms with Crippen LogP contribution in [0.2, 0.25) is 0 Å². The predicted molar refractivity (Wildman–Crippen MR) is 124 cm³/mol. The van der Waals surface area contributed by atoms with Crippen molar-refractivity contribution in [1.29, 1.82) is 0 Å². The molecule has 4 rings (SSSR count). The molecule has 0 aliphatic carbocycles. The number of nitrogens with zero attached hydrogens (tertiary/aromatic N) is 2. The largest absolute Gasteiger partial charge is 0.356 e. The molecule has 5 heteroatoms. The lowest BCUT2D eigenvalue weighted by Crippen LogP contribution is -2.52. The van der Waals surface area contributed by atoms with E-state index in [1.807, 2.05) is 18.4 Å². The molecule has 0 amide bonds. The van der Waals surface area contributed by atoms with Crippen molar-refractivity contribution >= 4 is 17.3 Å². The Labute approximate surface area is 179 Å². The summed E-state index contributed by atoms with van der Waals surface area (Å²) in [6.45, 7) is 4.36. The van der Waals surface area contributed by atoms with Gasteiger partial charge in [-0.15, -0.1) is 11.3 Å². The number of guanidine groups is 1. The molecule has 0 spiro atoms. The lowest BCUT2D eigenvalue weighted by molar-refractivity contribution is 0.114. The zero-order valence-electron chi connectivity index (χ0n) is 17.7. The maximum atomic E-state index is 4.49. The molecule has 2 fully saturated rings. The van der Waals surface area contributed by atoms with Crippen LogP contribution in [0, 0.1) is 5.92 Å². The number of thiophene rings is 1. The molecular weight excluding hydrogens is 376 g/mol. The molecule has 3 heterocycles. The van der Waals surface area contributed by atoms with Gasteiger partial charge in [0.1, 0.15) is 0 Å². The lowest BCUT2D eigenvalue weighted by atomic mass is 9.96. The summed E-state index contributed by atoms with van der Waals surface area (Å²) in [5.41, 5.74) is 1.44. The van der Waals surface area contributed by atoms with E-state index in [1.54, 1.807) is 0 Å². The Kier molecular flexibility index (Phi) is 6.88. The highest BCUT2D eigenvalue weighted by atomic mass is 32.1. The van der Waals surface area contributed by atoms with Gasteiger partial charge in [-0.25, -0.2) is 0 Å². The second-order valence-corrected chi connectivity index (χ2v) is 9.73. The lowest BCUT2D eigenvalue weighted by Gasteiger charge is -2.39. The maximum Gasteiger partial charge on any atom is 0.191 e. The monoisotopic (exact) mass is 410 g/mol. The zero-order valence-corrected chi connectivity index (χ0v) is 18.5. The average molecular weight is 411 g/mol. The number of aliphatic imine (C=N–C) groups is 1. The quantitative estimate of drug-likeness (QED) is 0.528. The molecule has 4 nitrogen and oxygen atoms in total. The first kappa shape index (κ1) is 20.4. The molecule has 2 saturated heterocycles. The molecule has 29 heavy (non-hydrogen) atoms. The van der Waals surface area contributed by atoms with Gasteiger partial charge in [-0.05, 0) is 55.0 Å². The van der Waals surface area contributed by atoms with E-state index in [0.717, 1.165) is 25.5 Å². The summed E-state index contributed by atoms with van der Waals surface area (Å²) in [4.78, 5) is 8.70. The highest BCUT2D eigenvalue weighted by Gasteiger charge is 2.40. The fourth-order valence-electron chi connectivity index (χ4n) is 4.95. The summed E-state index contributed by atoms with van der Waals surface area (Å²) < 4.78 is 0. The van der Waals surface area contributed by atoms with E-state index in [0.29, 0.717) is 24.0 Å². The van der Waals surface area contributed by atoms with Crippen LogP contribution in [0.1, 0.15) is 43.0 Å². The summed E-state index contributed by atoms with van der Waals surface area (Å²) in [7, 11) is 1.89. The van der Waals surface area contributed by atoms with E-state index in [9.17, 15) is 0 Å². The van der Waals surface area contributed by atoms with Gasteiger partial charge in [-0.2, -0.15) is 0 Å². The Morgan fingerprint density at radius 2 is 1.90 bits per heavy atom. The van der Waals surface area contributed by atoms with Crippen molar-refractivity contribution in [1.82, 2.24) is 15.5 Å². The number of hydrogen-bond donors (Lipinski definition) is 2. The van der Waals surface area contributed by atoms with Gasteiger partial charge in [0.15, 0.2) is 5.96 Å². The van der Waals surface area contributed by atoms with Crippen molar-refractivity contribution in [2.45, 2.75) is 63.7 Å². The predicted octanol–water partition coefficient (Wildman–Crippen LogP) is 4.29. The Hall–Kier alpha value is -1.85. The maximum absolute atomic E-state index is 4.49. The smallest absolute Gasteiger partial charge is 0.191 e. The number of piperidine rings is 1. The van der Waals surface area contributed by atoms with E-state index in [-0.39, 0.29) is 0 Å². The van der Waals surface area contributed by atoms with Crippen molar-refractivity contribution in [2.75, 3.05) is 13.6 Å². The number of nitrogens with one attached hydrogen (secondary N) is 2. The van der Waals surface area contributed by atoms with Gasteiger partial charge in [-0.1, -0.05) is 43.3 Å². The van der Waals surface area contributed by atoms with Gasteiger partial charge in [0.05, 0.1) is 0 Å². The topological polar surface area (TPSA) is 39.7 Å². The van der Waals surface area contributed by atoms with Crippen molar-refractivity contribution in [3.05, 3.63) is 58.3 Å². The minimum absolute atomic E-state index is 0.526. The molecule has 2 aliphatic rings. The van der Waals surface area contributed by atoms with Crippen LogP contribution in [0.15, 0.2) is 52.8 Å². The minimum atomic E-state index is 0.526. The van der Waals surface area contributed by atoms with Crippen molar-refractivity contribution < 1.29 is 0 Å². The Balaban J connectivity index is 1.25. The summed E-state index contributed by atoms with van der Waals surface area (Å²) in [5.74, 6) is 1.56. The Morgan fingerprint density at radius 1 is 1.14 bits per heavy atom. The van der Waals surface area contributed by atoms with Crippen LogP contribution in [0.25, 0.3) is 0 Å². The van der Waals surface area contributed by atoms with E-state index >= 15 is 0 Å². The van der Waals surface area contributed by atoms with Gasteiger partial charge in [0, 0.05) is 43.1 Å². The van der Waals surface area contributed by atoms with Crippen LogP contribution in [0.5, 0.6) is 0 Å². The fraction of sp³-hybridized carbons (Fsp3) is 0.542. The van der Waals surface area contributed by atoms with Crippen LogP contribution in [-0.2, 0) is 13.0 Å². The van der Waals surface area contributed by atoms with Crippen LogP contribution in [-0.4, -0.2) is 42.6 Å². The average Bonchev–Trinajstić information content (AvgIpc) is 3.31. The first-order chi connectivity index (χ1) is 14.2. The van der Waals surface area contributed by atoms with E-state index in [4.69, 9.17) is 0 Å². The van der Waals surface area contributed by atoms with Gasteiger partial charge in [0.2, 0.25) is 0 Å². The number of rotatable bonds is 7. The van der Waals surface area contributed by atoms with Crippen LogP contribution >= 0.6 is 11.3 Å². The van der Waals surface area contributed by atoms with Gasteiger partial charge in [0.25, 0.3) is 0 Å². The number of hydrogen-bond acceptors (Lipinski definition) is 3. The van der Waals surface area contributed by atoms with Crippen molar-refractivity contribution in [3.8, 4) is 0 Å². The molecule has 2 aromatic rings. The van der Waals surface area contributed by atoms with Crippen molar-refractivity contribution in [3.63, 3.8) is 0 Å². The highest BCUT2D eigenvalue weighted by Crippen LogP contribution is 2.36. The number of benzene rings is 1.